The lowest BCUT2D eigenvalue weighted by Gasteiger charge is -2.31. The molecule has 1 aliphatic rings. The zero-order valence-electron chi connectivity index (χ0n) is 24.1. The van der Waals surface area contributed by atoms with Crippen LogP contribution in [0.2, 0.25) is 0 Å². The number of rotatable bonds is 12. The van der Waals surface area contributed by atoms with Crippen molar-refractivity contribution in [2.24, 2.45) is 11.3 Å². The summed E-state index contributed by atoms with van der Waals surface area (Å²) in [6.45, 7) is 12.2. The van der Waals surface area contributed by atoms with E-state index >= 15 is 0 Å². The Kier molecular flexibility index (Phi) is 10.9. The molecule has 214 valence electrons. The van der Waals surface area contributed by atoms with Crippen LogP contribution >= 0.6 is 0 Å². The van der Waals surface area contributed by atoms with Crippen molar-refractivity contribution in [2.75, 3.05) is 26.2 Å². The van der Waals surface area contributed by atoms with Crippen LogP contribution in [0.1, 0.15) is 59.4 Å². The van der Waals surface area contributed by atoms with E-state index in [1.54, 1.807) is 20.8 Å². The highest BCUT2D eigenvalue weighted by molar-refractivity contribution is 5.93. The molecule has 3 atom stereocenters. The molecule has 3 amide bonds. The van der Waals surface area contributed by atoms with Crippen LogP contribution in [0.5, 0.6) is 0 Å². The molecule has 39 heavy (non-hydrogen) atoms. The molecule has 0 aliphatic carbocycles. The van der Waals surface area contributed by atoms with Gasteiger partial charge in [-0.25, -0.2) is 0 Å². The Hall–Kier alpha value is -2.97. The number of hydrogen-bond acceptors (Lipinski definition) is 5. The van der Waals surface area contributed by atoms with Gasteiger partial charge in [-0.2, -0.15) is 0 Å². The second kappa shape index (κ2) is 13.9. The standard InChI is InChI=1S/C31H46N4O4/c1-21(2)19-32-14-8-9-15-33-28(37)26(17-22-12-13-23-10-6-7-11-24(23)16-22)34-29(38)27-18-25(36)20-35(27)30(39)31(3,4)5/h6-7,10-13,16,21,25-27,32,36H,8-9,14-15,17-20H2,1-5H3,(H,33,37)(H,34,38). The van der Waals surface area contributed by atoms with Gasteiger partial charge in [0.05, 0.1) is 6.10 Å². The smallest absolute Gasteiger partial charge is 0.243 e. The lowest BCUT2D eigenvalue weighted by molar-refractivity contribution is -0.145. The maximum absolute atomic E-state index is 13.4. The van der Waals surface area contributed by atoms with Crippen LogP contribution in [0.4, 0.5) is 0 Å². The summed E-state index contributed by atoms with van der Waals surface area (Å²) in [6.07, 6.45) is 1.47. The number of nitrogens with zero attached hydrogens (tertiary/aromatic N) is 1. The summed E-state index contributed by atoms with van der Waals surface area (Å²) in [5.74, 6) is -0.262. The van der Waals surface area contributed by atoms with E-state index in [2.05, 4.69) is 29.8 Å². The number of aliphatic hydroxyl groups is 1. The van der Waals surface area contributed by atoms with Gasteiger partial charge in [-0.1, -0.05) is 77.1 Å². The first-order valence-electron chi connectivity index (χ1n) is 14.2. The van der Waals surface area contributed by atoms with Crippen LogP contribution < -0.4 is 16.0 Å². The summed E-state index contributed by atoms with van der Waals surface area (Å²) < 4.78 is 0. The average molecular weight is 539 g/mol. The van der Waals surface area contributed by atoms with Gasteiger partial charge in [-0.15, -0.1) is 0 Å². The fraction of sp³-hybridized carbons (Fsp3) is 0.581. The summed E-state index contributed by atoms with van der Waals surface area (Å²) in [5, 5.41) is 21.8. The maximum Gasteiger partial charge on any atom is 0.243 e. The maximum atomic E-state index is 13.4. The second-order valence-corrected chi connectivity index (χ2v) is 12.2. The van der Waals surface area contributed by atoms with Crippen molar-refractivity contribution in [3.63, 3.8) is 0 Å². The molecule has 1 saturated heterocycles. The number of nitrogens with one attached hydrogen (secondary N) is 3. The summed E-state index contributed by atoms with van der Waals surface area (Å²) in [7, 11) is 0. The fourth-order valence-corrected chi connectivity index (χ4v) is 4.90. The van der Waals surface area contributed by atoms with Crippen LogP contribution in [-0.2, 0) is 20.8 Å². The van der Waals surface area contributed by atoms with Crippen LogP contribution in [0.25, 0.3) is 10.8 Å². The monoisotopic (exact) mass is 538 g/mol. The van der Waals surface area contributed by atoms with Crippen molar-refractivity contribution in [3.05, 3.63) is 48.0 Å². The largest absolute Gasteiger partial charge is 0.391 e. The van der Waals surface area contributed by atoms with Crippen molar-refractivity contribution >= 4 is 28.5 Å². The van der Waals surface area contributed by atoms with Gasteiger partial charge in [0.25, 0.3) is 0 Å². The average Bonchev–Trinajstić information content (AvgIpc) is 3.27. The van der Waals surface area contributed by atoms with Gasteiger partial charge in [0.15, 0.2) is 0 Å². The number of carbonyl (C=O) groups is 3. The summed E-state index contributed by atoms with van der Waals surface area (Å²) in [6, 6.07) is 12.4. The normalized spacial score (nSPS) is 18.4. The van der Waals surface area contributed by atoms with Crippen molar-refractivity contribution in [2.45, 2.75) is 78.5 Å². The number of likely N-dealkylation sites (tertiary alicyclic amines) is 1. The van der Waals surface area contributed by atoms with Crippen molar-refractivity contribution in [1.29, 1.82) is 0 Å². The zero-order valence-corrected chi connectivity index (χ0v) is 24.1. The molecule has 3 rings (SSSR count). The van der Waals surface area contributed by atoms with E-state index in [1.165, 1.54) is 4.90 Å². The van der Waals surface area contributed by atoms with Crippen LogP contribution in [-0.4, -0.2) is 72.1 Å². The molecular formula is C31H46N4O4. The molecular weight excluding hydrogens is 492 g/mol. The molecule has 0 saturated carbocycles. The molecule has 2 aromatic rings. The molecule has 2 aromatic carbocycles. The van der Waals surface area contributed by atoms with E-state index in [4.69, 9.17) is 0 Å². The molecule has 0 radical (unpaired) electrons. The van der Waals surface area contributed by atoms with E-state index in [1.807, 2.05) is 42.5 Å². The van der Waals surface area contributed by atoms with Crippen LogP contribution in [0.3, 0.4) is 0 Å². The third kappa shape index (κ3) is 9.04. The van der Waals surface area contributed by atoms with Gasteiger partial charge < -0.3 is 26.0 Å². The summed E-state index contributed by atoms with van der Waals surface area (Å²) in [4.78, 5) is 41.2. The number of carbonyl (C=O) groups excluding carboxylic acids is 3. The van der Waals surface area contributed by atoms with E-state index in [-0.39, 0.29) is 24.8 Å². The number of β-amino-alcohol motifs (C(OH)–C–C–N with tert-alkyl or cyclic N) is 1. The first-order chi connectivity index (χ1) is 18.5. The predicted octanol–water partition coefficient (Wildman–Crippen LogP) is 3.02. The molecule has 1 aliphatic heterocycles. The molecule has 1 heterocycles. The molecule has 0 spiro atoms. The number of hydrogen-bond donors (Lipinski definition) is 4. The van der Waals surface area contributed by atoms with E-state index in [0.717, 1.165) is 42.3 Å². The van der Waals surface area contributed by atoms with E-state index in [0.29, 0.717) is 18.9 Å². The molecule has 8 nitrogen and oxygen atoms in total. The van der Waals surface area contributed by atoms with Gasteiger partial charge >= 0.3 is 0 Å². The highest BCUT2D eigenvalue weighted by Gasteiger charge is 2.43. The number of benzene rings is 2. The Morgan fingerprint density at radius 1 is 1.03 bits per heavy atom. The van der Waals surface area contributed by atoms with Gasteiger partial charge in [-0.3, -0.25) is 14.4 Å². The fourth-order valence-electron chi connectivity index (χ4n) is 4.90. The zero-order chi connectivity index (χ0) is 28.6. The first kappa shape index (κ1) is 30.6. The molecule has 8 heteroatoms. The van der Waals surface area contributed by atoms with E-state index < -0.39 is 29.5 Å². The quantitative estimate of drug-likeness (QED) is 0.311. The summed E-state index contributed by atoms with van der Waals surface area (Å²) >= 11 is 0. The topological polar surface area (TPSA) is 111 Å². The number of aliphatic hydroxyl groups excluding tert-OH is 1. The summed E-state index contributed by atoms with van der Waals surface area (Å²) in [5.41, 5.74) is 0.246. The molecule has 0 bridgehead atoms. The van der Waals surface area contributed by atoms with Crippen LogP contribution in [0.15, 0.2) is 42.5 Å². The van der Waals surface area contributed by atoms with Gasteiger partial charge in [0.1, 0.15) is 12.1 Å². The Labute approximate surface area is 232 Å². The third-order valence-corrected chi connectivity index (χ3v) is 7.00. The Bertz CT molecular complexity index is 1130. The Morgan fingerprint density at radius 2 is 1.72 bits per heavy atom. The van der Waals surface area contributed by atoms with Gasteiger partial charge in [0.2, 0.25) is 17.7 Å². The minimum atomic E-state index is -0.814. The molecule has 0 aromatic heterocycles. The van der Waals surface area contributed by atoms with Gasteiger partial charge in [-0.05, 0) is 48.2 Å². The molecule has 3 unspecified atom stereocenters. The number of fused-ring (bicyclic) bond motifs is 1. The minimum absolute atomic E-state index is 0.112. The third-order valence-electron chi connectivity index (χ3n) is 7.00. The highest BCUT2D eigenvalue weighted by atomic mass is 16.3. The lowest BCUT2D eigenvalue weighted by atomic mass is 9.94. The molecule has 1 fully saturated rings. The van der Waals surface area contributed by atoms with Crippen molar-refractivity contribution in [1.82, 2.24) is 20.9 Å². The predicted molar refractivity (Wildman–Crippen MR) is 155 cm³/mol. The van der Waals surface area contributed by atoms with Crippen molar-refractivity contribution in [3.8, 4) is 0 Å². The highest BCUT2D eigenvalue weighted by Crippen LogP contribution is 2.26. The first-order valence-corrected chi connectivity index (χ1v) is 14.2. The molecule has 4 N–H and O–H groups in total. The Balaban J connectivity index is 1.69. The SMILES string of the molecule is CC(C)CNCCCCNC(=O)C(Cc1ccc2ccccc2c1)NC(=O)C1CC(O)CN1C(=O)C(C)(C)C. The second-order valence-electron chi connectivity index (χ2n) is 12.2. The number of amides is 3. The van der Waals surface area contributed by atoms with Crippen molar-refractivity contribution < 1.29 is 19.5 Å². The lowest BCUT2D eigenvalue weighted by Crippen LogP contribution is -2.55. The number of unbranched alkanes of at least 4 members (excludes halogenated alkanes) is 1. The Morgan fingerprint density at radius 3 is 2.41 bits per heavy atom. The minimum Gasteiger partial charge on any atom is -0.391 e. The van der Waals surface area contributed by atoms with Gasteiger partial charge in [0, 0.05) is 31.3 Å². The van der Waals surface area contributed by atoms with Crippen LogP contribution in [0, 0.1) is 11.3 Å². The van der Waals surface area contributed by atoms with E-state index in [9.17, 15) is 19.5 Å².